The van der Waals surface area contributed by atoms with E-state index in [1.54, 1.807) is 19.1 Å². The Morgan fingerprint density at radius 3 is 2.48 bits per heavy atom. The monoisotopic (exact) mass is 332 g/mol. The lowest BCUT2D eigenvalue weighted by Crippen LogP contribution is -2.13. The highest BCUT2D eigenvalue weighted by Gasteiger charge is 2.21. The van der Waals surface area contributed by atoms with Crippen molar-refractivity contribution in [3.05, 3.63) is 64.7 Å². The molecular formula is C18H20O4S. The average molecular weight is 332 g/mol. The van der Waals surface area contributed by atoms with Crippen LogP contribution in [0.4, 0.5) is 0 Å². The van der Waals surface area contributed by atoms with E-state index in [0.717, 1.165) is 16.7 Å². The van der Waals surface area contributed by atoms with Crippen LogP contribution < -0.4 is 0 Å². The molecule has 0 saturated heterocycles. The van der Waals surface area contributed by atoms with Gasteiger partial charge in [-0.1, -0.05) is 42.8 Å². The summed E-state index contributed by atoms with van der Waals surface area (Å²) < 4.78 is 29.5. The van der Waals surface area contributed by atoms with Crippen molar-refractivity contribution in [3.63, 3.8) is 0 Å². The molecule has 5 heteroatoms. The first-order valence-electron chi connectivity index (χ1n) is 7.40. The number of carbonyl (C=O) groups excluding carboxylic acids is 1. The van der Waals surface area contributed by atoms with Crippen molar-refractivity contribution in [3.8, 4) is 0 Å². The minimum Gasteiger partial charge on any atom is -0.457 e. The zero-order valence-electron chi connectivity index (χ0n) is 13.5. The summed E-state index contributed by atoms with van der Waals surface area (Å²) in [5.74, 6) is -0.688. The normalized spacial score (nSPS) is 11.3. The van der Waals surface area contributed by atoms with Gasteiger partial charge in [0.25, 0.3) is 0 Å². The van der Waals surface area contributed by atoms with Crippen molar-refractivity contribution < 1.29 is 17.9 Å². The summed E-state index contributed by atoms with van der Waals surface area (Å²) >= 11 is 0. The second kappa shape index (κ2) is 6.96. The molecule has 0 atom stereocenters. The summed E-state index contributed by atoms with van der Waals surface area (Å²) in [4.78, 5) is 12.3. The Morgan fingerprint density at radius 2 is 1.78 bits per heavy atom. The lowest BCUT2D eigenvalue weighted by Gasteiger charge is -2.11. The molecule has 2 aromatic carbocycles. The van der Waals surface area contributed by atoms with Crippen LogP contribution in [0.5, 0.6) is 0 Å². The van der Waals surface area contributed by atoms with E-state index < -0.39 is 15.8 Å². The Bertz CT molecular complexity index is 823. The highest BCUT2D eigenvalue weighted by Crippen LogP contribution is 2.19. The first-order valence-corrected chi connectivity index (χ1v) is 9.05. The van der Waals surface area contributed by atoms with Crippen LogP contribution in [0.1, 0.15) is 34.0 Å². The average Bonchev–Trinajstić information content (AvgIpc) is 2.55. The number of ether oxygens (including phenoxy) is 1. The molecule has 0 N–H and O–H groups in total. The van der Waals surface area contributed by atoms with Gasteiger partial charge in [0.1, 0.15) is 6.61 Å². The fraction of sp³-hybridized carbons (Fsp3) is 0.278. The lowest BCUT2D eigenvalue weighted by atomic mass is 10.1. The Balaban J connectivity index is 2.24. The summed E-state index contributed by atoms with van der Waals surface area (Å²) in [6.07, 6.45) is 0. The summed E-state index contributed by atoms with van der Waals surface area (Å²) in [7, 11) is -3.47. The van der Waals surface area contributed by atoms with Gasteiger partial charge in [-0.25, -0.2) is 13.2 Å². The van der Waals surface area contributed by atoms with Crippen LogP contribution in [0.25, 0.3) is 0 Å². The SMILES string of the molecule is CCS(=O)(=O)c1ccccc1C(=O)OCc1cc(C)ccc1C. The van der Waals surface area contributed by atoms with Crippen LogP contribution in [0.15, 0.2) is 47.4 Å². The van der Waals surface area contributed by atoms with E-state index >= 15 is 0 Å². The molecule has 0 aliphatic carbocycles. The predicted octanol–water partition coefficient (Wildman–Crippen LogP) is 3.45. The number of hydrogen-bond donors (Lipinski definition) is 0. The van der Waals surface area contributed by atoms with Gasteiger partial charge in [-0.15, -0.1) is 0 Å². The molecule has 23 heavy (non-hydrogen) atoms. The maximum absolute atomic E-state index is 12.3. The van der Waals surface area contributed by atoms with Crippen LogP contribution in [0.2, 0.25) is 0 Å². The maximum atomic E-state index is 12.3. The first-order chi connectivity index (χ1) is 10.8. The first kappa shape index (κ1) is 17.2. The molecule has 0 aliphatic heterocycles. The second-order valence-corrected chi connectivity index (χ2v) is 7.65. The Labute approximate surface area is 137 Å². The van der Waals surface area contributed by atoms with E-state index in [2.05, 4.69) is 0 Å². The van der Waals surface area contributed by atoms with Gasteiger partial charge in [-0.3, -0.25) is 0 Å². The molecule has 0 radical (unpaired) electrons. The van der Waals surface area contributed by atoms with Gasteiger partial charge < -0.3 is 4.74 Å². The third kappa shape index (κ3) is 3.99. The molecule has 0 fully saturated rings. The Hall–Kier alpha value is -2.14. The van der Waals surface area contributed by atoms with Gasteiger partial charge in [0, 0.05) is 0 Å². The molecule has 0 heterocycles. The van der Waals surface area contributed by atoms with Gasteiger partial charge in [0.05, 0.1) is 16.2 Å². The fourth-order valence-electron chi connectivity index (χ4n) is 2.24. The van der Waals surface area contributed by atoms with Gasteiger partial charge in [0.2, 0.25) is 0 Å². The zero-order valence-corrected chi connectivity index (χ0v) is 14.3. The van der Waals surface area contributed by atoms with E-state index in [4.69, 9.17) is 4.74 Å². The predicted molar refractivity (Wildman–Crippen MR) is 89.2 cm³/mol. The van der Waals surface area contributed by atoms with Crippen molar-refractivity contribution >= 4 is 15.8 Å². The molecular weight excluding hydrogens is 312 g/mol. The van der Waals surface area contributed by atoms with E-state index in [-0.39, 0.29) is 22.8 Å². The number of sulfone groups is 1. The third-order valence-corrected chi connectivity index (χ3v) is 5.47. The number of rotatable bonds is 5. The largest absolute Gasteiger partial charge is 0.457 e. The van der Waals surface area contributed by atoms with Crippen molar-refractivity contribution in [1.29, 1.82) is 0 Å². The number of carbonyl (C=O) groups is 1. The van der Waals surface area contributed by atoms with Gasteiger partial charge >= 0.3 is 5.97 Å². The smallest absolute Gasteiger partial charge is 0.339 e. The number of benzene rings is 2. The van der Waals surface area contributed by atoms with Crippen LogP contribution in [-0.2, 0) is 21.2 Å². The van der Waals surface area contributed by atoms with Crippen molar-refractivity contribution in [2.45, 2.75) is 32.3 Å². The molecule has 0 amide bonds. The lowest BCUT2D eigenvalue weighted by molar-refractivity contribution is 0.0467. The van der Waals surface area contributed by atoms with E-state index in [1.807, 2.05) is 32.0 Å². The highest BCUT2D eigenvalue weighted by atomic mass is 32.2. The van der Waals surface area contributed by atoms with Gasteiger partial charge in [-0.2, -0.15) is 0 Å². The van der Waals surface area contributed by atoms with Crippen LogP contribution in [-0.4, -0.2) is 20.1 Å². The topological polar surface area (TPSA) is 60.4 Å². The van der Waals surface area contributed by atoms with E-state index in [0.29, 0.717) is 0 Å². The standard InChI is InChI=1S/C18H20O4S/c1-4-23(20,21)17-8-6-5-7-16(17)18(19)22-12-15-11-13(2)9-10-14(15)3/h5-11H,4,12H2,1-3H3. The molecule has 2 rings (SSSR count). The highest BCUT2D eigenvalue weighted by molar-refractivity contribution is 7.91. The van der Waals surface area contributed by atoms with Crippen molar-refractivity contribution in [1.82, 2.24) is 0 Å². The molecule has 2 aromatic rings. The molecule has 122 valence electrons. The Kier molecular flexibility index (Phi) is 5.21. The summed E-state index contributed by atoms with van der Waals surface area (Å²) in [5.41, 5.74) is 3.10. The quantitative estimate of drug-likeness (QED) is 0.787. The third-order valence-electron chi connectivity index (χ3n) is 3.69. The minimum absolute atomic E-state index is 0.0217. The van der Waals surface area contributed by atoms with Crippen LogP contribution in [0, 0.1) is 13.8 Å². The maximum Gasteiger partial charge on any atom is 0.339 e. The molecule has 0 aromatic heterocycles. The van der Waals surface area contributed by atoms with Crippen LogP contribution in [0.3, 0.4) is 0 Å². The molecule has 0 bridgehead atoms. The van der Waals surface area contributed by atoms with Gasteiger partial charge in [0.15, 0.2) is 9.84 Å². The molecule has 4 nitrogen and oxygen atoms in total. The number of aryl methyl sites for hydroxylation is 2. The molecule has 0 unspecified atom stereocenters. The van der Waals surface area contributed by atoms with E-state index in [1.165, 1.54) is 12.1 Å². The molecule has 0 aliphatic rings. The van der Waals surface area contributed by atoms with Crippen molar-refractivity contribution in [2.75, 3.05) is 5.75 Å². The van der Waals surface area contributed by atoms with Gasteiger partial charge in [-0.05, 0) is 37.1 Å². The zero-order chi connectivity index (χ0) is 17.0. The molecule has 0 spiro atoms. The summed E-state index contributed by atoms with van der Waals surface area (Å²) in [5, 5.41) is 0. The fourth-order valence-corrected chi connectivity index (χ4v) is 3.32. The van der Waals surface area contributed by atoms with Crippen LogP contribution >= 0.6 is 0 Å². The Morgan fingerprint density at radius 1 is 1.09 bits per heavy atom. The number of esters is 1. The summed E-state index contributed by atoms with van der Waals surface area (Å²) in [6.45, 7) is 5.58. The number of hydrogen-bond acceptors (Lipinski definition) is 4. The molecule has 0 saturated carbocycles. The minimum atomic E-state index is -3.47. The second-order valence-electron chi connectivity index (χ2n) is 5.41. The van der Waals surface area contributed by atoms with E-state index in [9.17, 15) is 13.2 Å². The van der Waals surface area contributed by atoms with Crippen molar-refractivity contribution in [2.24, 2.45) is 0 Å². The summed E-state index contributed by atoms with van der Waals surface area (Å²) in [6, 6.07) is 12.1.